The molecule has 4 aliphatic carbocycles. The van der Waals surface area contributed by atoms with Crippen molar-refractivity contribution in [2.45, 2.75) is 130 Å². The van der Waals surface area contributed by atoms with Crippen molar-refractivity contribution in [3.8, 4) is 0 Å². The number of hydrogen-bond donors (Lipinski definition) is 2. The summed E-state index contributed by atoms with van der Waals surface area (Å²) < 4.78 is 0. The van der Waals surface area contributed by atoms with Crippen molar-refractivity contribution < 1.29 is 10.2 Å². The van der Waals surface area contributed by atoms with Crippen molar-refractivity contribution in [1.82, 2.24) is 0 Å². The molecule has 0 amide bonds. The SMILES string of the molecule is CC(O)C1CC[C@@]2(C)[C@@H](CC[C@@H]3[C@@H]2CC[C@]2(C)[C@@H]([C@H](C)CCCC(C)(C)O)CC[C@@H]32)C1. The lowest BCUT2D eigenvalue weighted by Gasteiger charge is -2.61. The molecule has 0 aromatic heterocycles. The molecule has 10 atom stereocenters. The van der Waals surface area contributed by atoms with E-state index in [-0.39, 0.29) is 6.10 Å². The van der Waals surface area contributed by atoms with Gasteiger partial charge in [0.1, 0.15) is 0 Å². The molecule has 0 heterocycles. The van der Waals surface area contributed by atoms with Crippen LogP contribution in [-0.2, 0) is 0 Å². The van der Waals surface area contributed by atoms with Gasteiger partial charge in [0.25, 0.3) is 0 Å². The first-order chi connectivity index (χ1) is 14.5. The first-order valence-corrected chi connectivity index (χ1v) is 13.9. The monoisotopic (exact) mass is 432 g/mol. The second-order valence-corrected chi connectivity index (χ2v) is 13.8. The Balaban J connectivity index is 1.43. The van der Waals surface area contributed by atoms with Crippen LogP contribution in [0.2, 0.25) is 0 Å². The van der Waals surface area contributed by atoms with E-state index < -0.39 is 5.60 Å². The van der Waals surface area contributed by atoms with Gasteiger partial charge in [-0.2, -0.15) is 0 Å². The van der Waals surface area contributed by atoms with E-state index in [4.69, 9.17) is 0 Å². The van der Waals surface area contributed by atoms with Crippen molar-refractivity contribution >= 4 is 0 Å². The molecule has 0 aromatic carbocycles. The number of aliphatic hydroxyl groups is 2. The quantitative estimate of drug-likeness (QED) is 0.465. The molecular weight excluding hydrogens is 380 g/mol. The topological polar surface area (TPSA) is 40.5 Å². The molecule has 4 fully saturated rings. The van der Waals surface area contributed by atoms with Gasteiger partial charge in [0.05, 0.1) is 11.7 Å². The molecule has 0 radical (unpaired) electrons. The summed E-state index contributed by atoms with van der Waals surface area (Å²) in [5, 5.41) is 20.3. The summed E-state index contributed by atoms with van der Waals surface area (Å²) in [5.74, 6) is 5.91. The van der Waals surface area contributed by atoms with Gasteiger partial charge in [0, 0.05) is 0 Å². The molecule has 2 N–H and O–H groups in total. The minimum absolute atomic E-state index is 0.120. The van der Waals surface area contributed by atoms with Gasteiger partial charge in [-0.15, -0.1) is 0 Å². The van der Waals surface area contributed by atoms with Crippen LogP contribution in [0.15, 0.2) is 0 Å². The standard InChI is InChI=1S/C29H52O2/c1-19(8-7-15-27(3,4)31)24-11-12-25-23-10-9-22-18-21(20(2)30)13-16-28(22,5)26(23)14-17-29(24,25)6/h19-26,30-31H,7-18H2,1-6H3/t19-,20?,21?,22+,23+,24-,25+,26+,28+,29-/m1/s1. The lowest BCUT2D eigenvalue weighted by Crippen LogP contribution is -2.54. The Kier molecular flexibility index (Phi) is 6.68. The van der Waals surface area contributed by atoms with Crippen LogP contribution >= 0.6 is 0 Å². The summed E-state index contributed by atoms with van der Waals surface area (Å²) >= 11 is 0. The predicted octanol–water partition coefficient (Wildman–Crippen LogP) is 7.22. The van der Waals surface area contributed by atoms with Crippen molar-refractivity contribution in [3.63, 3.8) is 0 Å². The van der Waals surface area contributed by atoms with Crippen LogP contribution in [0, 0.1) is 52.3 Å². The molecule has 0 spiro atoms. The van der Waals surface area contributed by atoms with Gasteiger partial charge in [0.2, 0.25) is 0 Å². The number of hydrogen-bond acceptors (Lipinski definition) is 2. The molecule has 4 saturated carbocycles. The zero-order chi connectivity index (χ0) is 22.6. The molecule has 4 aliphatic rings. The van der Waals surface area contributed by atoms with Crippen LogP contribution in [0.25, 0.3) is 0 Å². The maximum atomic E-state index is 10.2. The van der Waals surface area contributed by atoms with E-state index in [1.807, 2.05) is 20.8 Å². The average molecular weight is 433 g/mol. The maximum Gasteiger partial charge on any atom is 0.0591 e. The smallest absolute Gasteiger partial charge is 0.0591 e. The molecule has 0 aliphatic heterocycles. The van der Waals surface area contributed by atoms with E-state index in [1.165, 1.54) is 64.2 Å². The maximum absolute atomic E-state index is 10.2. The van der Waals surface area contributed by atoms with Gasteiger partial charge in [-0.3, -0.25) is 0 Å². The van der Waals surface area contributed by atoms with Gasteiger partial charge in [-0.05, 0) is 137 Å². The van der Waals surface area contributed by atoms with Crippen LogP contribution in [0.5, 0.6) is 0 Å². The Morgan fingerprint density at radius 1 is 0.903 bits per heavy atom. The van der Waals surface area contributed by atoms with Crippen LogP contribution < -0.4 is 0 Å². The fourth-order valence-electron chi connectivity index (χ4n) is 9.76. The first-order valence-electron chi connectivity index (χ1n) is 13.9. The van der Waals surface area contributed by atoms with Gasteiger partial charge in [-0.1, -0.05) is 33.6 Å². The highest BCUT2D eigenvalue weighted by atomic mass is 16.3. The Morgan fingerprint density at radius 2 is 1.58 bits per heavy atom. The van der Waals surface area contributed by atoms with Crippen LogP contribution in [0.1, 0.15) is 119 Å². The Labute approximate surface area is 193 Å². The Hall–Kier alpha value is -0.0800. The molecule has 0 bridgehead atoms. The largest absolute Gasteiger partial charge is 0.393 e. The van der Waals surface area contributed by atoms with Crippen LogP contribution in [-0.4, -0.2) is 21.9 Å². The summed E-state index contributed by atoms with van der Waals surface area (Å²) in [4.78, 5) is 0. The average Bonchev–Trinajstić information content (AvgIpc) is 3.03. The van der Waals surface area contributed by atoms with E-state index in [0.29, 0.717) is 16.7 Å². The van der Waals surface area contributed by atoms with Gasteiger partial charge in [0.15, 0.2) is 0 Å². The Morgan fingerprint density at radius 3 is 2.26 bits per heavy atom. The highest BCUT2D eigenvalue weighted by Crippen LogP contribution is 2.68. The third kappa shape index (κ3) is 4.39. The summed E-state index contributed by atoms with van der Waals surface area (Å²) in [6.07, 6.45) is 15.8. The first kappa shape index (κ1) is 24.1. The molecule has 2 unspecified atom stereocenters. The molecule has 2 heteroatoms. The number of aliphatic hydroxyl groups excluding tert-OH is 1. The molecular formula is C29H52O2. The van der Waals surface area contributed by atoms with Gasteiger partial charge >= 0.3 is 0 Å². The molecule has 180 valence electrons. The van der Waals surface area contributed by atoms with E-state index >= 15 is 0 Å². The molecule has 31 heavy (non-hydrogen) atoms. The van der Waals surface area contributed by atoms with E-state index in [2.05, 4.69) is 20.8 Å². The van der Waals surface area contributed by atoms with Gasteiger partial charge < -0.3 is 10.2 Å². The highest BCUT2D eigenvalue weighted by molar-refractivity contribution is 5.09. The molecule has 0 aromatic rings. The second-order valence-electron chi connectivity index (χ2n) is 13.8. The van der Waals surface area contributed by atoms with E-state index in [1.54, 1.807) is 0 Å². The van der Waals surface area contributed by atoms with E-state index in [9.17, 15) is 10.2 Å². The minimum Gasteiger partial charge on any atom is -0.393 e. The van der Waals surface area contributed by atoms with Crippen LogP contribution in [0.3, 0.4) is 0 Å². The van der Waals surface area contributed by atoms with Crippen molar-refractivity contribution in [3.05, 3.63) is 0 Å². The fourth-order valence-corrected chi connectivity index (χ4v) is 9.76. The third-order valence-electron chi connectivity index (χ3n) is 11.6. The van der Waals surface area contributed by atoms with Crippen LogP contribution in [0.4, 0.5) is 0 Å². The normalized spacial score (nSPS) is 47.2. The van der Waals surface area contributed by atoms with Gasteiger partial charge in [-0.25, -0.2) is 0 Å². The third-order valence-corrected chi connectivity index (χ3v) is 11.6. The predicted molar refractivity (Wildman–Crippen MR) is 130 cm³/mol. The molecule has 2 nitrogen and oxygen atoms in total. The minimum atomic E-state index is -0.513. The zero-order valence-corrected chi connectivity index (χ0v) is 21.5. The summed E-state index contributed by atoms with van der Waals surface area (Å²) in [5.41, 5.74) is 0.572. The zero-order valence-electron chi connectivity index (χ0n) is 21.5. The molecule has 0 saturated heterocycles. The highest BCUT2D eigenvalue weighted by Gasteiger charge is 2.60. The second kappa shape index (κ2) is 8.61. The fraction of sp³-hybridized carbons (Fsp3) is 1.00. The van der Waals surface area contributed by atoms with Crippen molar-refractivity contribution in [2.75, 3.05) is 0 Å². The molecule has 4 rings (SSSR count). The van der Waals surface area contributed by atoms with E-state index in [0.717, 1.165) is 48.3 Å². The lowest BCUT2D eigenvalue weighted by atomic mass is 9.44. The summed E-state index contributed by atoms with van der Waals surface area (Å²) in [7, 11) is 0. The van der Waals surface area contributed by atoms with Crippen molar-refractivity contribution in [2.24, 2.45) is 52.3 Å². The lowest BCUT2D eigenvalue weighted by molar-refractivity contribution is -0.127. The van der Waals surface area contributed by atoms with Crippen molar-refractivity contribution in [1.29, 1.82) is 0 Å². The Bertz CT molecular complexity index is 621. The number of rotatable bonds is 6. The summed E-state index contributed by atoms with van der Waals surface area (Å²) in [6, 6.07) is 0. The number of fused-ring (bicyclic) bond motifs is 5. The summed E-state index contributed by atoms with van der Waals surface area (Å²) in [6.45, 7) is 13.8.